The minimum atomic E-state index is -0.183. The zero-order valence-corrected chi connectivity index (χ0v) is 13.4. The predicted octanol–water partition coefficient (Wildman–Crippen LogP) is 2.98. The zero-order valence-electron chi connectivity index (χ0n) is 13.4. The lowest BCUT2D eigenvalue weighted by atomic mass is 10.1. The number of amides is 1. The molecule has 0 aliphatic heterocycles. The van der Waals surface area contributed by atoms with E-state index in [9.17, 15) is 4.79 Å². The minimum absolute atomic E-state index is 0.122. The lowest BCUT2D eigenvalue weighted by molar-refractivity contribution is 0.0938. The summed E-state index contributed by atoms with van der Waals surface area (Å²) < 4.78 is 10.4. The summed E-state index contributed by atoms with van der Waals surface area (Å²) in [6, 6.07) is 3.34. The molecule has 0 aliphatic rings. The Morgan fingerprint density at radius 2 is 1.86 bits per heavy atom. The fourth-order valence-electron chi connectivity index (χ4n) is 2.17. The maximum Gasteiger partial charge on any atom is 0.253 e. The number of carbonyl (C=O) groups is 1. The fourth-order valence-corrected chi connectivity index (χ4v) is 2.17. The Hall–Kier alpha value is -1.91. The van der Waals surface area contributed by atoms with Crippen molar-refractivity contribution in [3.05, 3.63) is 17.7 Å². The molecule has 0 saturated heterocycles. The second kappa shape index (κ2) is 8.39. The van der Waals surface area contributed by atoms with E-state index < -0.39 is 0 Å². The molecule has 0 aromatic heterocycles. The van der Waals surface area contributed by atoms with E-state index in [0.29, 0.717) is 22.7 Å². The van der Waals surface area contributed by atoms with E-state index in [1.54, 1.807) is 12.1 Å². The first-order valence-corrected chi connectivity index (χ1v) is 7.35. The summed E-state index contributed by atoms with van der Waals surface area (Å²) in [6.45, 7) is 4.16. The van der Waals surface area contributed by atoms with Gasteiger partial charge in [0, 0.05) is 17.8 Å². The van der Waals surface area contributed by atoms with E-state index in [1.807, 2.05) is 6.92 Å². The molecule has 1 unspecified atom stereocenters. The number of unbranched alkanes of at least 4 members (excludes halogenated alkanes) is 2. The molecule has 5 heteroatoms. The van der Waals surface area contributed by atoms with Crippen molar-refractivity contribution in [2.24, 2.45) is 0 Å². The van der Waals surface area contributed by atoms with Gasteiger partial charge in [-0.25, -0.2) is 0 Å². The van der Waals surface area contributed by atoms with Crippen LogP contribution in [0.25, 0.3) is 0 Å². The number of rotatable bonds is 8. The molecular weight excluding hydrogens is 268 g/mol. The van der Waals surface area contributed by atoms with Gasteiger partial charge < -0.3 is 20.5 Å². The summed E-state index contributed by atoms with van der Waals surface area (Å²) in [5, 5.41) is 2.97. The molecule has 0 radical (unpaired) electrons. The molecular formula is C16H26N2O3. The van der Waals surface area contributed by atoms with Crippen molar-refractivity contribution in [1.82, 2.24) is 5.32 Å². The third kappa shape index (κ3) is 4.85. The topological polar surface area (TPSA) is 73.6 Å². The Kier molecular flexibility index (Phi) is 6.85. The maximum absolute atomic E-state index is 12.3. The van der Waals surface area contributed by atoms with Crippen molar-refractivity contribution in [3.63, 3.8) is 0 Å². The van der Waals surface area contributed by atoms with Crippen LogP contribution in [-0.2, 0) is 0 Å². The Labute approximate surface area is 126 Å². The Morgan fingerprint density at radius 3 is 2.43 bits per heavy atom. The first kappa shape index (κ1) is 17.1. The number of benzene rings is 1. The van der Waals surface area contributed by atoms with Crippen molar-refractivity contribution in [2.45, 2.75) is 45.6 Å². The third-order valence-electron chi connectivity index (χ3n) is 3.42. The molecule has 1 rings (SSSR count). The largest absolute Gasteiger partial charge is 0.493 e. The van der Waals surface area contributed by atoms with Crippen LogP contribution < -0.4 is 20.5 Å². The van der Waals surface area contributed by atoms with E-state index in [-0.39, 0.29) is 11.9 Å². The molecule has 0 spiro atoms. The molecule has 3 N–H and O–H groups in total. The second-order valence-corrected chi connectivity index (χ2v) is 5.16. The molecule has 0 bridgehead atoms. The summed E-state index contributed by atoms with van der Waals surface area (Å²) in [6.07, 6.45) is 4.42. The quantitative estimate of drug-likeness (QED) is 0.571. The van der Waals surface area contributed by atoms with Crippen LogP contribution in [0.2, 0.25) is 0 Å². The molecule has 0 fully saturated rings. The van der Waals surface area contributed by atoms with Crippen LogP contribution in [-0.4, -0.2) is 26.2 Å². The number of methoxy groups -OCH3 is 2. The van der Waals surface area contributed by atoms with Gasteiger partial charge in [0.2, 0.25) is 0 Å². The first-order chi connectivity index (χ1) is 10.0. The van der Waals surface area contributed by atoms with E-state index in [4.69, 9.17) is 15.2 Å². The molecule has 1 aromatic carbocycles. The molecule has 21 heavy (non-hydrogen) atoms. The standard InChI is InChI=1S/C16H26N2O3/c1-5-6-7-8-11(2)18-16(19)12-9-14(20-3)15(21-4)10-13(12)17/h9-11H,5-8,17H2,1-4H3,(H,18,19). The molecule has 0 saturated carbocycles. The summed E-state index contributed by atoms with van der Waals surface area (Å²) in [4.78, 5) is 12.3. The number of nitrogens with two attached hydrogens (primary N) is 1. The molecule has 5 nitrogen and oxygen atoms in total. The van der Waals surface area contributed by atoms with Crippen LogP contribution in [0.5, 0.6) is 11.5 Å². The summed E-state index contributed by atoms with van der Waals surface area (Å²) in [5.74, 6) is 0.829. The highest BCUT2D eigenvalue weighted by molar-refractivity contribution is 6.00. The van der Waals surface area contributed by atoms with E-state index in [2.05, 4.69) is 12.2 Å². The van der Waals surface area contributed by atoms with Gasteiger partial charge in [-0.1, -0.05) is 26.2 Å². The van der Waals surface area contributed by atoms with E-state index >= 15 is 0 Å². The number of ether oxygens (including phenoxy) is 2. The van der Waals surface area contributed by atoms with Gasteiger partial charge in [-0.2, -0.15) is 0 Å². The maximum atomic E-state index is 12.3. The van der Waals surface area contributed by atoms with Crippen LogP contribution in [0.3, 0.4) is 0 Å². The van der Waals surface area contributed by atoms with Crippen LogP contribution in [0, 0.1) is 0 Å². The van der Waals surface area contributed by atoms with Crippen molar-refractivity contribution >= 4 is 11.6 Å². The average Bonchev–Trinajstić information content (AvgIpc) is 2.46. The molecule has 0 aliphatic carbocycles. The van der Waals surface area contributed by atoms with E-state index in [0.717, 1.165) is 12.8 Å². The van der Waals surface area contributed by atoms with Crippen LogP contribution in [0.1, 0.15) is 49.9 Å². The van der Waals surface area contributed by atoms with Crippen molar-refractivity contribution < 1.29 is 14.3 Å². The van der Waals surface area contributed by atoms with Crippen LogP contribution >= 0.6 is 0 Å². The first-order valence-electron chi connectivity index (χ1n) is 7.35. The minimum Gasteiger partial charge on any atom is -0.493 e. The monoisotopic (exact) mass is 294 g/mol. The van der Waals surface area contributed by atoms with Gasteiger partial charge in [0.05, 0.1) is 19.8 Å². The number of hydrogen-bond donors (Lipinski definition) is 2. The molecule has 118 valence electrons. The number of hydrogen-bond acceptors (Lipinski definition) is 4. The number of nitrogens with one attached hydrogen (secondary N) is 1. The van der Waals surface area contributed by atoms with Crippen molar-refractivity contribution in [1.29, 1.82) is 0 Å². The van der Waals surface area contributed by atoms with Gasteiger partial charge in [0.15, 0.2) is 11.5 Å². The normalized spacial score (nSPS) is 11.8. The fraction of sp³-hybridized carbons (Fsp3) is 0.562. The van der Waals surface area contributed by atoms with Crippen LogP contribution in [0.4, 0.5) is 5.69 Å². The summed E-state index contributed by atoms with van der Waals surface area (Å²) in [7, 11) is 3.07. The molecule has 1 atom stereocenters. The van der Waals surface area contributed by atoms with Gasteiger partial charge in [-0.3, -0.25) is 4.79 Å². The van der Waals surface area contributed by atoms with Gasteiger partial charge in [0.1, 0.15) is 0 Å². The zero-order chi connectivity index (χ0) is 15.8. The Morgan fingerprint density at radius 1 is 1.24 bits per heavy atom. The average molecular weight is 294 g/mol. The molecule has 0 heterocycles. The van der Waals surface area contributed by atoms with Crippen molar-refractivity contribution in [3.8, 4) is 11.5 Å². The Bertz CT molecular complexity index is 475. The van der Waals surface area contributed by atoms with Gasteiger partial charge in [-0.15, -0.1) is 0 Å². The number of carbonyl (C=O) groups excluding carboxylic acids is 1. The van der Waals surface area contributed by atoms with Gasteiger partial charge in [-0.05, 0) is 19.4 Å². The van der Waals surface area contributed by atoms with E-state index in [1.165, 1.54) is 27.1 Å². The van der Waals surface area contributed by atoms with Gasteiger partial charge >= 0.3 is 0 Å². The summed E-state index contributed by atoms with van der Waals surface area (Å²) in [5.41, 5.74) is 6.71. The predicted molar refractivity (Wildman–Crippen MR) is 85.0 cm³/mol. The van der Waals surface area contributed by atoms with Crippen molar-refractivity contribution in [2.75, 3.05) is 20.0 Å². The summed E-state index contributed by atoms with van der Waals surface area (Å²) >= 11 is 0. The Balaban J connectivity index is 2.78. The second-order valence-electron chi connectivity index (χ2n) is 5.16. The number of anilines is 1. The number of nitrogen functional groups attached to an aromatic ring is 1. The SMILES string of the molecule is CCCCCC(C)NC(=O)c1cc(OC)c(OC)cc1N. The molecule has 1 aromatic rings. The lowest BCUT2D eigenvalue weighted by Crippen LogP contribution is -2.33. The highest BCUT2D eigenvalue weighted by atomic mass is 16.5. The third-order valence-corrected chi connectivity index (χ3v) is 3.42. The van der Waals surface area contributed by atoms with Gasteiger partial charge in [0.25, 0.3) is 5.91 Å². The lowest BCUT2D eigenvalue weighted by Gasteiger charge is -2.16. The highest BCUT2D eigenvalue weighted by Crippen LogP contribution is 2.31. The highest BCUT2D eigenvalue weighted by Gasteiger charge is 2.16. The smallest absolute Gasteiger partial charge is 0.253 e. The molecule has 1 amide bonds. The van der Waals surface area contributed by atoms with Crippen LogP contribution in [0.15, 0.2) is 12.1 Å².